The maximum Gasteiger partial charge on any atom is 0.490 e. The van der Waals surface area contributed by atoms with E-state index < -0.39 is 34.3 Å². The van der Waals surface area contributed by atoms with Crippen LogP contribution < -0.4 is 0 Å². The van der Waals surface area contributed by atoms with Crippen molar-refractivity contribution in [3.05, 3.63) is 12.5 Å². The number of carboxylic acid groups (broad SMARTS) is 2. The summed E-state index contributed by atoms with van der Waals surface area (Å²) in [5, 5.41) is 14.4. The van der Waals surface area contributed by atoms with E-state index in [0.717, 1.165) is 18.8 Å². The molecule has 2 saturated heterocycles. The predicted molar refractivity (Wildman–Crippen MR) is 115 cm³/mol. The van der Waals surface area contributed by atoms with E-state index in [2.05, 4.69) is 9.88 Å². The molecule has 1 aromatic heterocycles. The van der Waals surface area contributed by atoms with E-state index in [9.17, 15) is 34.8 Å². The van der Waals surface area contributed by atoms with Crippen molar-refractivity contribution in [1.29, 1.82) is 0 Å². The third kappa shape index (κ3) is 8.56. The SMILES string of the molecule is Cn1cnc(S(=O)(=O)N2CCC3(CCCN3CC3CC3)CC2)c1.O=C(O)C(F)(F)F.O=C(O)C(F)(F)F. The molecule has 2 aliphatic heterocycles. The molecule has 212 valence electrons. The maximum absolute atomic E-state index is 12.7. The lowest BCUT2D eigenvalue weighted by Crippen LogP contribution is -2.53. The van der Waals surface area contributed by atoms with E-state index in [4.69, 9.17) is 19.8 Å². The fourth-order valence-electron chi connectivity index (χ4n) is 4.25. The number of piperidine rings is 1. The van der Waals surface area contributed by atoms with Crippen LogP contribution in [-0.2, 0) is 26.7 Å². The number of aromatic nitrogens is 2. The number of carbonyl (C=O) groups is 2. The molecule has 17 heteroatoms. The zero-order chi connectivity index (χ0) is 28.2. The summed E-state index contributed by atoms with van der Waals surface area (Å²) in [4.78, 5) is 24.5. The van der Waals surface area contributed by atoms with Gasteiger partial charge in [-0.3, -0.25) is 4.90 Å². The van der Waals surface area contributed by atoms with Crippen LogP contribution in [0.1, 0.15) is 38.5 Å². The van der Waals surface area contributed by atoms with Gasteiger partial charge in [-0.1, -0.05) is 0 Å². The number of hydrogen-bond donors (Lipinski definition) is 2. The van der Waals surface area contributed by atoms with Crippen molar-refractivity contribution in [2.24, 2.45) is 13.0 Å². The van der Waals surface area contributed by atoms with E-state index in [1.54, 1.807) is 28.4 Å². The summed E-state index contributed by atoms with van der Waals surface area (Å²) in [5.41, 5.74) is 0.263. The standard InChI is InChI=1S/C16H26N4O2S.2C2HF3O2/c1-18-12-15(17-13-18)23(21,22)20-9-6-16(7-10-20)5-2-8-19(16)11-14-3-4-14;2*3-2(4,5)1(6)7/h12-14H,2-11H2,1H3;2*(H,6,7). The highest BCUT2D eigenvalue weighted by molar-refractivity contribution is 7.89. The number of alkyl halides is 6. The summed E-state index contributed by atoms with van der Waals surface area (Å²) in [5.74, 6) is -4.61. The molecule has 1 spiro atoms. The third-order valence-corrected chi connectivity index (χ3v) is 8.12. The van der Waals surface area contributed by atoms with Crippen molar-refractivity contribution in [2.75, 3.05) is 26.2 Å². The minimum Gasteiger partial charge on any atom is -0.475 e. The fourth-order valence-corrected chi connectivity index (χ4v) is 5.66. The van der Waals surface area contributed by atoms with Crippen LogP contribution in [0.3, 0.4) is 0 Å². The zero-order valence-electron chi connectivity index (χ0n) is 19.8. The van der Waals surface area contributed by atoms with E-state index in [1.807, 2.05) is 0 Å². The van der Waals surface area contributed by atoms with Crippen LogP contribution in [0.4, 0.5) is 26.3 Å². The Hall–Kier alpha value is -2.40. The molecule has 0 bridgehead atoms. The highest BCUT2D eigenvalue weighted by Gasteiger charge is 2.46. The van der Waals surface area contributed by atoms with Crippen LogP contribution in [-0.4, -0.2) is 93.4 Å². The highest BCUT2D eigenvalue weighted by atomic mass is 32.2. The number of rotatable bonds is 4. The van der Waals surface area contributed by atoms with Gasteiger partial charge in [-0.2, -0.15) is 30.6 Å². The number of aryl methyl sites for hydroxylation is 1. The van der Waals surface area contributed by atoms with Gasteiger partial charge in [-0.25, -0.2) is 23.0 Å². The second kappa shape index (κ2) is 11.6. The van der Waals surface area contributed by atoms with E-state index in [0.29, 0.717) is 13.1 Å². The van der Waals surface area contributed by atoms with Crippen molar-refractivity contribution in [2.45, 2.75) is 61.4 Å². The molecule has 1 saturated carbocycles. The Balaban J connectivity index is 0.000000286. The molecule has 2 N–H and O–H groups in total. The van der Waals surface area contributed by atoms with Crippen molar-refractivity contribution >= 4 is 22.0 Å². The molecule has 3 aliphatic rings. The second-order valence-electron chi connectivity index (χ2n) is 9.10. The van der Waals surface area contributed by atoms with Crippen LogP contribution >= 0.6 is 0 Å². The van der Waals surface area contributed by atoms with Crippen LogP contribution in [0.15, 0.2) is 17.6 Å². The number of carboxylic acids is 2. The normalized spacial score (nSPS) is 20.5. The van der Waals surface area contributed by atoms with Crippen molar-refractivity contribution < 1.29 is 54.6 Å². The van der Waals surface area contributed by atoms with E-state index in [-0.39, 0.29) is 10.6 Å². The molecule has 0 amide bonds. The monoisotopic (exact) mass is 566 g/mol. The number of nitrogens with zero attached hydrogens (tertiary/aromatic N) is 4. The average molecular weight is 567 g/mol. The maximum atomic E-state index is 12.7. The predicted octanol–water partition coefficient (Wildman–Crippen LogP) is 2.72. The van der Waals surface area contributed by atoms with Gasteiger partial charge in [-0.05, 0) is 51.0 Å². The third-order valence-electron chi connectivity index (χ3n) is 6.34. The number of hydrogen-bond acceptors (Lipinski definition) is 6. The van der Waals surface area contributed by atoms with Crippen molar-refractivity contribution in [3.8, 4) is 0 Å². The second-order valence-corrected chi connectivity index (χ2v) is 11.0. The van der Waals surface area contributed by atoms with Crippen molar-refractivity contribution in [3.63, 3.8) is 0 Å². The Morgan fingerprint density at radius 1 is 1.00 bits per heavy atom. The lowest BCUT2D eigenvalue weighted by atomic mass is 9.85. The van der Waals surface area contributed by atoms with Gasteiger partial charge in [0.05, 0.1) is 6.33 Å². The fraction of sp³-hybridized carbons (Fsp3) is 0.750. The largest absolute Gasteiger partial charge is 0.490 e. The van der Waals surface area contributed by atoms with E-state index in [1.165, 1.54) is 38.8 Å². The molecule has 1 aliphatic carbocycles. The first-order valence-electron chi connectivity index (χ1n) is 11.2. The minimum atomic E-state index is -5.08. The summed E-state index contributed by atoms with van der Waals surface area (Å²) in [7, 11) is -1.64. The first-order valence-corrected chi connectivity index (χ1v) is 12.7. The Morgan fingerprint density at radius 3 is 1.86 bits per heavy atom. The van der Waals surface area contributed by atoms with Crippen LogP contribution in [0, 0.1) is 5.92 Å². The van der Waals surface area contributed by atoms with Gasteiger partial charge < -0.3 is 14.8 Å². The molecule has 10 nitrogen and oxygen atoms in total. The Labute approximate surface area is 208 Å². The Kier molecular flexibility index (Phi) is 9.62. The van der Waals surface area contributed by atoms with Crippen LogP contribution in [0.2, 0.25) is 0 Å². The lowest BCUT2D eigenvalue weighted by Gasteiger charge is -2.44. The molecular formula is C20H28F6N4O6S. The molecule has 3 heterocycles. The Bertz CT molecular complexity index is 1020. The summed E-state index contributed by atoms with van der Waals surface area (Å²) in [6, 6.07) is 0. The summed E-state index contributed by atoms with van der Waals surface area (Å²) in [6.07, 6.45) is 0.162. The molecule has 3 fully saturated rings. The first-order chi connectivity index (χ1) is 16.9. The summed E-state index contributed by atoms with van der Waals surface area (Å²) >= 11 is 0. The van der Waals surface area contributed by atoms with Gasteiger partial charge in [0.15, 0.2) is 5.03 Å². The molecule has 0 radical (unpaired) electrons. The first kappa shape index (κ1) is 30.8. The molecule has 0 aromatic carbocycles. The van der Waals surface area contributed by atoms with Gasteiger partial charge in [-0.15, -0.1) is 0 Å². The molecule has 0 unspecified atom stereocenters. The molecule has 0 atom stereocenters. The number of imidazole rings is 1. The van der Waals surface area contributed by atoms with Crippen molar-refractivity contribution in [1.82, 2.24) is 18.8 Å². The molecule has 4 rings (SSSR count). The van der Waals surface area contributed by atoms with Gasteiger partial charge in [0.25, 0.3) is 10.0 Å². The number of sulfonamides is 1. The topological polar surface area (TPSA) is 133 Å². The average Bonchev–Trinajstić information content (AvgIpc) is 3.36. The smallest absolute Gasteiger partial charge is 0.475 e. The van der Waals surface area contributed by atoms with Gasteiger partial charge >= 0.3 is 24.3 Å². The molecule has 1 aromatic rings. The van der Waals surface area contributed by atoms with Gasteiger partial charge in [0.1, 0.15) is 0 Å². The molecular weight excluding hydrogens is 538 g/mol. The van der Waals surface area contributed by atoms with Crippen LogP contribution in [0.25, 0.3) is 0 Å². The molecule has 37 heavy (non-hydrogen) atoms. The number of likely N-dealkylation sites (tertiary alicyclic amines) is 1. The summed E-state index contributed by atoms with van der Waals surface area (Å²) in [6.45, 7) is 3.68. The quantitative estimate of drug-likeness (QED) is 0.532. The Morgan fingerprint density at radius 2 is 1.49 bits per heavy atom. The van der Waals surface area contributed by atoms with E-state index >= 15 is 0 Å². The lowest BCUT2D eigenvalue weighted by molar-refractivity contribution is -0.193. The highest BCUT2D eigenvalue weighted by Crippen LogP contribution is 2.42. The van der Waals surface area contributed by atoms with Gasteiger partial charge in [0.2, 0.25) is 0 Å². The number of halogens is 6. The number of aliphatic carboxylic acids is 2. The summed E-state index contributed by atoms with van der Waals surface area (Å²) < 4.78 is 92.2. The van der Waals surface area contributed by atoms with Gasteiger partial charge in [0, 0.05) is 38.4 Å². The minimum absolute atomic E-state index is 0.178. The van der Waals surface area contributed by atoms with Crippen LogP contribution in [0.5, 0.6) is 0 Å². The zero-order valence-corrected chi connectivity index (χ0v) is 20.6.